The predicted octanol–water partition coefficient (Wildman–Crippen LogP) is 7.23. The zero-order valence-electron chi connectivity index (χ0n) is 26.1. The van der Waals surface area contributed by atoms with E-state index in [9.17, 15) is 0 Å². The number of fused-ring (bicyclic) bond motifs is 1. The van der Waals surface area contributed by atoms with Gasteiger partial charge in [0, 0.05) is 12.0 Å². The summed E-state index contributed by atoms with van der Waals surface area (Å²) >= 11 is 0. The second-order valence-corrected chi connectivity index (χ2v) is 23.6. The molecule has 0 spiro atoms. The second-order valence-electron chi connectivity index (χ2n) is 14.0. The Balaban J connectivity index is 1.62. The van der Waals surface area contributed by atoms with Crippen molar-refractivity contribution < 1.29 is 13.6 Å². The molecule has 0 unspecified atom stereocenters. The molecule has 2 aromatic heterocycles. The Morgan fingerprint density at radius 1 is 0.925 bits per heavy atom. The highest BCUT2D eigenvalue weighted by molar-refractivity contribution is 6.74. The van der Waals surface area contributed by atoms with E-state index in [1.54, 1.807) is 12.7 Å². The standard InChI is InChI=1S/C31H46N4O3Si2/c1-22-12-14-23(15-13-22)16-17-24-28-29(33-20-32-24)35(21-34-28)27-18-25(38-40(10,11)31(5,6)7)26(37-27)19-36-39(8,9)30(2,3)4/h12-15,20-21,25-27H,18-19H2,1-11H3/t25-,26+,27+/m0/s1. The fourth-order valence-corrected chi connectivity index (χ4v) is 6.50. The molecule has 3 heterocycles. The van der Waals surface area contributed by atoms with Crippen LogP contribution in [0.5, 0.6) is 0 Å². The van der Waals surface area contributed by atoms with E-state index in [1.165, 1.54) is 5.56 Å². The minimum absolute atomic E-state index is 0.0734. The molecule has 40 heavy (non-hydrogen) atoms. The molecule has 0 bridgehead atoms. The summed E-state index contributed by atoms with van der Waals surface area (Å²) in [7, 11) is -4.00. The van der Waals surface area contributed by atoms with E-state index in [1.807, 2.05) is 16.7 Å². The summed E-state index contributed by atoms with van der Waals surface area (Å²) in [5.74, 6) is 6.40. The predicted molar refractivity (Wildman–Crippen MR) is 166 cm³/mol. The van der Waals surface area contributed by atoms with E-state index in [4.69, 9.17) is 13.6 Å². The number of aryl methyl sites for hydroxylation is 1. The van der Waals surface area contributed by atoms with Crippen LogP contribution < -0.4 is 0 Å². The first-order chi connectivity index (χ1) is 18.5. The second kappa shape index (κ2) is 11.1. The highest BCUT2D eigenvalue weighted by Gasteiger charge is 2.46. The zero-order chi connectivity index (χ0) is 29.5. The number of aromatic nitrogens is 4. The van der Waals surface area contributed by atoms with Gasteiger partial charge in [0.2, 0.25) is 0 Å². The summed E-state index contributed by atoms with van der Waals surface area (Å²) in [5.41, 5.74) is 4.13. The normalized spacial score (nSPS) is 20.5. The number of hydrogen-bond donors (Lipinski definition) is 0. The van der Waals surface area contributed by atoms with Crippen LogP contribution in [0.4, 0.5) is 0 Å². The quantitative estimate of drug-likeness (QED) is 0.227. The van der Waals surface area contributed by atoms with E-state index < -0.39 is 16.6 Å². The van der Waals surface area contributed by atoms with Crippen molar-refractivity contribution in [1.29, 1.82) is 0 Å². The molecule has 0 saturated carbocycles. The Morgan fingerprint density at radius 3 is 2.20 bits per heavy atom. The van der Waals surface area contributed by atoms with Crippen molar-refractivity contribution in [2.75, 3.05) is 6.61 Å². The fraction of sp³-hybridized carbons (Fsp3) is 0.581. The molecule has 1 saturated heterocycles. The van der Waals surface area contributed by atoms with Crippen molar-refractivity contribution in [2.45, 2.75) is 110 Å². The first-order valence-electron chi connectivity index (χ1n) is 14.2. The van der Waals surface area contributed by atoms with Gasteiger partial charge in [0.25, 0.3) is 0 Å². The molecule has 4 rings (SSSR count). The largest absolute Gasteiger partial charge is 0.414 e. The lowest BCUT2D eigenvalue weighted by Gasteiger charge is -2.40. The van der Waals surface area contributed by atoms with E-state index in [0.717, 1.165) is 5.56 Å². The van der Waals surface area contributed by atoms with Crippen molar-refractivity contribution in [2.24, 2.45) is 0 Å². The highest BCUT2D eigenvalue weighted by atomic mass is 28.4. The van der Waals surface area contributed by atoms with Gasteiger partial charge >= 0.3 is 0 Å². The Bertz CT molecular complexity index is 1390. The van der Waals surface area contributed by atoms with Crippen molar-refractivity contribution >= 4 is 27.8 Å². The number of imidazole rings is 1. The van der Waals surface area contributed by atoms with Gasteiger partial charge < -0.3 is 13.6 Å². The first kappa shape index (κ1) is 30.6. The molecule has 0 radical (unpaired) electrons. The van der Waals surface area contributed by atoms with Crippen LogP contribution in [0.1, 0.15) is 71.0 Å². The average Bonchev–Trinajstić information content (AvgIpc) is 3.45. The third kappa shape index (κ3) is 6.58. The molecule has 0 N–H and O–H groups in total. The lowest BCUT2D eigenvalue weighted by molar-refractivity contribution is -0.0383. The smallest absolute Gasteiger partial charge is 0.192 e. The fourth-order valence-electron chi connectivity index (χ4n) is 4.13. The lowest BCUT2D eigenvalue weighted by atomic mass is 10.1. The van der Waals surface area contributed by atoms with Crippen LogP contribution in [0, 0.1) is 18.8 Å². The number of rotatable bonds is 6. The van der Waals surface area contributed by atoms with Crippen LogP contribution in [-0.4, -0.2) is 55.0 Å². The summed E-state index contributed by atoms with van der Waals surface area (Å²) in [6.45, 7) is 25.3. The van der Waals surface area contributed by atoms with Crippen molar-refractivity contribution in [3.63, 3.8) is 0 Å². The summed E-state index contributed by atoms with van der Waals surface area (Å²) in [5, 5.41) is 0.212. The lowest BCUT2D eigenvalue weighted by Crippen LogP contribution is -2.48. The zero-order valence-corrected chi connectivity index (χ0v) is 28.1. The van der Waals surface area contributed by atoms with Crippen molar-refractivity contribution in [3.8, 4) is 11.8 Å². The number of nitrogens with zero attached hydrogens (tertiary/aromatic N) is 4. The van der Waals surface area contributed by atoms with Gasteiger partial charge in [0.15, 0.2) is 22.3 Å². The maximum atomic E-state index is 6.95. The highest BCUT2D eigenvalue weighted by Crippen LogP contribution is 2.42. The summed E-state index contributed by atoms with van der Waals surface area (Å²) in [6.07, 6.45) is 3.54. The average molecular weight is 579 g/mol. The van der Waals surface area contributed by atoms with E-state index in [2.05, 4.69) is 114 Å². The van der Waals surface area contributed by atoms with Gasteiger partial charge in [-0.3, -0.25) is 4.57 Å². The topological polar surface area (TPSA) is 71.3 Å². The maximum absolute atomic E-state index is 6.95. The van der Waals surface area contributed by atoms with Crippen LogP contribution in [-0.2, 0) is 13.6 Å². The molecule has 9 heteroatoms. The third-order valence-corrected chi connectivity index (χ3v) is 17.9. The van der Waals surface area contributed by atoms with Crippen LogP contribution in [0.3, 0.4) is 0 Å². The Hall–Kier alpha value is -2.36. The van der Waals surface area contributed by atoms with Gasteiger partial charge in [-0.25, -0.2) is 15.0 Å². The molecular weight excluding hydrogens is 533 g/mol. The van der Waals surface area contributed by atoms with E-state index in [-0.39, 0.29) is 28.5 Å². The van der Waals surface area contributed by atoms with Gasteiger partial charge in [-0.15, -0.1) is 0 Å². The first-order valence-corrected chi connectivity index (χ1v) is 20.0. The number of ether oxygens (including phenoxy) is 1. The molecule has 0 amide bonds. The molecule has 1 fully saturated rings. The van der Waals surface area contributed by atoms with Crippen LogP contribution in [0.15, 0.2) is 36.9 Å². The molecular formula is C31H46N4O3Si2. The maximum Gasteiger partial charge on any atom is 0.192 e. The minimum Gasteiger partial charge on any atom is -0.414 e. The van der Waals surface area contributed by atoms with Crippen molar-refractivity contribution in [1.82, 2.24) is 19.5 Å². The molecule has 1 aliphatic rings. The van der Waals surface area contributed by atoms with Crippen LogP contribution in [0.25, 0.3) is 11.2 Å². The monoisotopic (exact) mass is 578 g/mol. The Kier molecular flexibility index (Phi) is 8.52. The number of hydrogen-bond acceptors (Lipinski definition) is 6. The van der Waals surface area contributed by atoms with Gasteiger partial charge in [-0.2, -0.15) is 0 Å². The Morgan fingerprint density at radius 2 is 1.57 bits per heavy atom. The third-order valence-electron chi connectivity index (χ3n) is 8.89. The van der Waals surface area contributed by atoms with Crippen LogP contribution in [0.2, 0.25) is 36.3 Å². The van der Waals surface area contributed by atoms with E-state index in [0.29, 0.717) is 29.9 Å². The van der Waals surface area contributed by atoms with Crippen LogP contribution >= 0.6 is 0 Å². The molecule has 1 aliphatic heterocycles. The van der Waals surface area contributed by atoms with Gasteiger partial charge in [-0.05, 0) is 61.2 Å². The van der Waals surface area contributed by atoms with Gasteiger partial charge in [0.05, 0.1) is 19.0 Å². The minimum atomic E-state index is -2.04. The summed E-state index contributed by atoms with van der Waals surface area (Å²) in [6, 6.07) is 8.14. The summed E-state index contributed by atoms with van der Waals surface area (Å²) in [4.78, 5) is 13.7. The van der Waals surface area contributed by atoms with Gasteiger partial charge in [-0.1, -0.05) is 65.2 Å². The SMILES string of the molecule is Cc1ccc(C#Cc2ncnc3c2ncn3[C@H]2C[C@H](O[Si](C)(C)C(C)(C)C)[C@@H](CO[Si](C)(C)C(C)(C)C)O2)cc1. The molecule has 3 aromatic rings. The van der Waals surface area contributed by atoms with E-state index >= 15 is 0 Å². The molecule has 0 aliphatic carbocycles. The van der Waals surface area contributed by atoms with Gasteiger partial charge in [0.1, 0.15) is 29.9 Å². The molecule has 7 nitrogen and oxygen atoms in total. The summed E-state index contributed by atoms with van der Waals surface area (Å²) < 4.78 is 22.3. The Labute approximate surface area is 242 Å². The molecule has 216 valence electrons. The molecule has 1 aromatic carbocycles. The van der Waals surface area contributed by atoms with Crippen molar-refractivity contribution in [3.05, 3.63) is 53.7 Å². The molecule has 3 atom stereocenters. The number of benzene rings is 1.